The highest BCUT2D eigenvalue weighted by Crippen LogP contribution is 2.27. The average molecular weight is 290 g/mol. The van der Waals surface area contributed by atoms with Gasteiger partial charge in [0.05, 0.1) is 12.9 Å². The molecule has 1 amide bonds. The van der Waals surface area contributed by atoms with Crippen molar-refractivity contribution < 1.29 is 18.7 Å². The standard InChI is InChI=1S/C15H18N2O4/c1-2-8-19-12-5-3-4-6-13(12)21-10-11-7-9-20-14(11)15(18)17-16/h3-7,9H,2,8,10,16H2,1H3,(H,17,18). The fourth-order valence-electron chi connectivity index (χ4n) is 1.77. The van der Waals surface area contributed by atoms with Crippen LogP contribution in [0.25, 0.3) is 0 Å². The molecule has 2 aromatic rings. The van der Waals surface area contributed by atoms with Gasteiger partial charge in [-0.15, -0.1) is 0 Å². The van der Waals surface area contributed by atoms with Gasteiger partial charge in [0.1, 0.15) is 6.61 Å². The zero-order chi connectivity index (χ0) is 15.1. The Labute approximate surface area is 122 Å². The fourth-order valence-corrected chi connectivity index (χ4v) is 1.77. The number of hydrazine groups is 1. The Morgan fingerprint density at radius 3 is 2.62 bits per heavy atom. The Kier molecular flexibility index (Phi) is 5.22. The van der Waals surface area contributed by atoms with Gasteiger partial charge in [-0.2, -0.15) is 0 Å². The molecule has 6 heteroatoms. The Morgan fingerprint density at radius 2 is 1.95 bits per heavy atom. The summed E-state index contributed by atoms with van der Waals surface area (Å²) in [6.45, 7) is 2.84. The second kappa shape index (κ2) is 7.35. The molecule has 21 heavy (non-hydrogen) atoms. The van der Waals surface area contributed by atoms with E-state index in [1.807, 2.05) is 36.6 Å². The third kappa shape index (κ3) is 3.76. The molecule has 0 atom stereocenters. The minimum absolute atomic E-state index is 0.143. The van der Waals surface area contributed by atoms with Crippen molar-refractivity contribution in [3.8, 4) is 11.5 Å². The van der Waals surface area contributed by atoms with Crippen LogP contribution in [0.3, 0.4) is 0 Å². The molecule has 0 spiro atoms. The fraction of sp³-hybridized carbons (Fsp3) is 0.267. The van der Waals surface area contributed by atoms with Crippen LogP contribution in [0, 0.1) is 0 Å². The van der Waals surface area contributed by atoms with Crippen LogP contribution < -0.4 is 20.7 Å². The molecule has 3 N–H and O–H groups in total. The van der Waals surface area contributed by atoms with E-state index in [1.54, 1.807) is 6.07 Å². The number of hydrogen-bond acceptors (Lipinski definition) is 5. The monoisotopic (exact) mass is 290 g/mol. The van der Waals surface area contributed by atoms with Crippen LogP contribution in [0.4, 0.5) is 0 Å². The average Bonchev–Trinajstić information content (AvgIpc) is 2.99. The van der Waals surface area contributed by atoms with Gasteiger partial charge in [0.25, 0.3) is 0 Å². The van der Waals surface area contributed by atoms with Crippen LogP contribution in [0.1, 0.15) is 29.5 Å². The van der Waals surface area contributed by atoms with Gasteiger partial charge in [-0.25, -0.2) is 5.84 Å². The van der Waals surface area contributed by atoms with Crippen LogP contribution in [-0.2, 0) is 6.61 Å². The van der Waals surface area contributed by atoms with Crippen molar-refractivity contribution in [1.29, 1.82) is 0 Å². The second-order valence-electron chi connectivity index (χ2n) is 4.33. The zero-order valence-corrected chi connectivity index (χ0v) is 11.8. The molecular weight excluding hydrogens is 272 g/mol. The van der Waals surface area contributed by atoms with Gasteiger partial charge in [0.2, 0.25) is 0 Å². The molecule has 0 bridgehead atoms. The van der Waals surface area contributed by atoms with Gasteiger partial charge in [-0.05, 0) is 24.6 Å². The number of nitrogens with two attached hydrogens (primary N) is 1. The maximum Gasteiger partial charge on any atom is 0.301 e. The summed E-state index contributed by atoms with van der Waals surface area (Å²) in [7, 11) is 0. The van der Waals surface area contributed by atoms with E-state index in [9.17, 15) is 4.79 Å². The van der Waals surface area contributed by atoms with E-state index in [2.05, 4.69) is 0 Å². The quantitative estimate of drug-likeness (QED) is 0.464. The van der Waals surface area contributed by atoms with E-state index in [-0.39, 0.29) is 12.4 Å². The maximum atomic E-state index is 11.5. The second-order valence-corrected chi connectivity index (χ2v) is 4.33. The zero-order valence-electron chi connectivity index (χ0n) is 11.8. The predicted octanol–water partition coefficient (Wildman–Crippen LogP) is 2.25. The molecule has 112 valence electrons. The number of amides is 1. The van der Waals surface area contributed by atoms with Crippen LogP contribution in [0.5, 0.6) is 11.5 Å². The largest absolute Gasteiger partial charge is 0.490 e. The smallest absolute Gasteiger partial charge is 0.301 e. The summed E-state index contributed by atoms with van der Waals surface area (Å²) in [6, 6.07) is 9.06. The van der Waals surface area contributed by atoms with Gasteiger partial charge in [-0.1, -0.05) is 19.1 Å². The lowest BCUT2D eigenvalue weighted by atomic mass is 10.2. The van der Waals surface area contributed by atoms with Crippen molar-refractivity contribution >= 4 is 5.91 Å². The first-order valence-electron chi connectivity index (χ1n) is 6.68. The van der Waals surface area contributed by atoms with E-state index in [4.69, 9.17) is 19.7 Å². The van der Waals surface area contributed by atoms with Gasteiger partial charge in [0, 0.05) is 5.56 Å². The van der Waals surface area contributed by atoms with Crippen LogP contribution in [0.2, 0.25) is 0 Å². The first-order chi connectivity index (χ1) is 10.3. The molecule has 2 rings (SSSR count). The predicted molar refractivity (Wildman–Crippen MR) is 76.9 cm³/mol. The van der Waals surface area contributed by atoms with Crippen molar-refractivity contribution in [2.75, 3.05) is 6.61 Å². The summed E-state index contributed by atoms with van der Waals surface area (Å²) in [5.74, 6) is 6.04. The SMILES string of the molecule is CCCOc1ccccc1OCc1ccoc1C(=O)NN. The molecule has 6 nitrogen and oxygen atoms in total. The number of para-hydroxylation sites is 2. The number of rotatable bonds is 7. The molecule has 0 radical (unpaired) electrons. The highest BCUT2D eigenvalue weighted by molar-refractivity contribution is 5.92. The minimum atomic E-state index is -0.492. The number of carbonyl (C=O) groups is 1. The number of benzene rings is 1. The van der Waals surface area contributed by atoms with Crippen molar-refractivity contribution in [2.24, 2.45) is 5.84 Å². The van der Waals surface area contributed by atoms with Crippen LogP contribution >= 0.6 is 0 Å². The lowest BCUT2D eigenvalue weighted by Crippen LogP contribution is -2.30. The Morgan fingerprint density at radius 1 is 1.24 bits per heavy atom. The van der Waals surface area contributed by atoms with Gasteiger partial charge < -0.3 is 13.9 Å². The number of nitrogen functional groups attached to an aromatic ring is 1. The van der Waals surface area contributed by atoms with Crippen molar-refractivity contribution in [3.05, 3.63) is 47.9 Å². The number of carbonyl (C=O) groups excluding carboxylic acids is 1. The molecule has 0 saturated carbocycles. The third-order valence-corrected chi connectivity index (χ3v) is 2.78. The number of hydrogen-bond donors (Lipinski definition) is 2. The van der Waals surface area contributed by atoms with E-state index < -0.39 is 5.91 Å². The summed E-state index contributed by atoms with van der Waals surface area (Å²) in [5.41, 5.74) is 2.65. The minimum Gasteiger partial charge on any atom is -0.490 e. The topological polar surface area (TPSA) is 86.7 Å². The molecular formula is C15H18N2O4. The first kappa shape index (κ1) is 14.9. The molecule has 0 saturated heterocycles. The van der Waals surface area contributed by atoms with Crippen LogP contribution in [0.15, 0.2) is 41.0 Å². The number of ether oxygens (including phenoxy) is 2. The lowest BCUT2D eigenvalue weighted by Gasteiger charge is -2.12. The summed E-state index contributed by atoms with van der Waals surface area (Å²) in [4.78, 5) is 11.5. The summed E-state index contributed by atoms with van der Waals surface area (Å²) < 4.78 is 16.4. The Hall–Kier alpha value is -2.47. The highest BCUT2D eigenvalue weighted by Gasteiger charge is 2.15. The molecule has 0 aliphatic heterocycles. The summed E-state index contributed by atoms with van der Waals surface area (Å²) in [5, 5.41) is 0. The molecule has 0 unspecified atom stereocenters. The Bertz CT molecular complexity index is 595. The highest BCUT2D eigenvalue weighted by atomic mass is 16.5. The van der Waals surface area contributed by atoms with Crippen molar-refractivity contribution in [3.63, 3.8) is 0 Å². The summed E-state index contributed by atoms with van der Waals surface area (Å²) >= 11 is 0. The third-order valence-electron chi connectivity index (χ3n) is 2.78. The molecule has 0 aliphatic rings. The van der Waals surface area contributed by atoms with Gasteiger partial charge in [0.15, 0.2) is 17.3 Å². The molecule has 0 aliphatic carbocycles. The maximum absolute atomic E-state index is 11.5. The molecule has 1 aromatic heterocycles. The van der Waals surface area contributed by atoms with E-state index in [0.717, 1.165) is 6.42 Å². The normalized spacial score (nSPS) is 10.2. The first-order valence-corrected chi connectivity index (χ1v) is 6.68. The Balaban J connectivity index is 2.06. The lowest BCUT2D eigenvalue weighted by molar-refractivity contribution is 0.0922. The molecule has 1 aromatic carbocycles. The summed E-state index contributed by atoms with van der Waals surface area (Å²) in [6.07, 6.45) is 2.33. The van der Waals surface area contributed by atoms with E-state index >= 15 is 0 Å². The van der Waals surface area contributed by atoms with Gasteiger partial charge in [-0.3, -0.25) is 10.2 Å². The number of furan rings is 1. The van der Waals surface area contributed by atoms with Crippen molar-refractivity contribution in [1.82, 2.24) is 5.43 Å². The van der Waals surface area contributed by atoms with Crippen LogP contribution in [-0.4, -0.2) is 12.5 Å². The molecule has 1 heterocycles. The molecule has 0 fully saturated rings. The van der Waals surface area contributed by atoms with E-state index in [1.165, 1.54) is 6.26 Å². The van der Waals surface area contributed by atoms with Crippen molar-refractivity contribution in [2.45, 2.75) is 20.0 Å². The number of nitrogens with one attached hydrogen (secondary N) is 1. The van der Waals surface area contributed by atoms with Gasteiger partial charge >= 0.3 is 5.91 Å². The van der Waals surface area contributed by atoms with E-state index in [0.29, 0.717) is 23.7 Å².